The van der Waals surface area contributed by atoms with Crippen molar-refractivity contribution in [2.75, 3.05) is 19.0 Å². The fraction of sp³-hybridized carbons (Fsp3) is 0.333. The number of hydrogen-bond acceptors (Lipinski definition) is 4. The van der Waals surface area contributed by atoms with Crippen molar-refractivity contribution in [3.8, 4) is 0 Å². The van der Waals surface area contributed by atoms with E-state index in [0.29, 0.717) is 5.69 Å². The number of anilines is 1. The number of methoxy groups -OCH3 is 1. The molecule has 4 N–H and O–H groups in total. The first kappa shape index (κ1) is 15.4. The van der Waals surface area contributed by atoms with Gasteiger partial charge in [-0.15, -0.1) is 0 Å². The summed E-state index contributed by atoms with van der Waals surface area (Å²) in [5, 5.41) is 11.5. The Labute approximate surface area is 115 Å². The minimum atomic E-state index is -1.12. The molecule has 1 rings (SSSR count). The molecule has 0 spiro atoms. The van der Waals surface area contributed by atoms with Crippen LogP contribution in [0.3, 0.4) is 0 Å². The van der Waals surface area contributed by atoms with Crippen LogP contribution < -0.4 is 11.1 Å². The maximum Gasteiger partial charge on any atom is 0.337 e. The minimum Gasteiger partial charge on any atom is -0.478 e. The number of carbonyl (C=O) groups excluding carboxylic acids is 1. The molecule has 1 atom stereocenters. The Hall–Kier alpha value is -1.63. The molecule has 0 aliphatic heterocycles. The molecule has 6 nitrogen and oxygen atoms in total. The number of rotatable bonds is 6. The van der Waals surface area contributed by atoms with E-state index in [1.165, 1.54) is 25.3 Å². The highest BCUT2D eigenvalue weighted by molar-refractivity contribution is 6.33. The highest BCUT2D eigenvalue weighted by atomic mass is 35.5. The molecule has 1 aromatic carbocycles. The molecule has 0 bridgehead atoms. The fourth-order valence-corrected chi connectivity index (χ4v) is 1.71. The lowest BCUT2D eigenvalue weighted by molar-refractivity contribution is -0.118. The van der Waals surface area contributed by atoms with Crippen LogP contribution in [0, 0.1) is 0 Å². The maximum atomic E-state index is 11.7. The number of nitrogens with one attached hydrogen (secondary N) is 1. The summed E-state index contributed by atoms with van der Waals surface area (Å²) in [5.41, 5.74) is 5.82. The van der Waals surface area contributed by atoms with Crippen molar-refractivity contribution in [2.24, 2.45) is 5.73 Å². The SMILES string of the molecule is COC(CN)CC(=O)Nc1ccc(C(=O)O)c(Cl)c1. The van der Waals surface area contributed by atoms with Crippen LogP contribution in [-0.4, -0.2) is 36.7 Å². The van der Waals surface area contributed by atoms with Gasteiger partial charge in [-0.2, -0.15) is 0 Å². The zero-order valence-corrected chi connectivity index (χ0v) is 11.1. The Morgan fingerprint density at radius 2 is 2.21 bits per heavy atom. The molecular weight excluding hydrogens is 272 g/mol. The Bertz CT molecular complexity index is 475. The highest BCUT2D eigenvalue weighted by Gasteiger charge is 2.13. The molecule has 0 fully saturated rings. The summed E-state index contributed by atoms with van der Waals surface area (Å²) >= 11 is 5.79. The van der Waals surface area contributed by atoms with Crippen LogP contribution in [0.5, 0.6) is 0 Å². The summed E-state index contributed by atoms with van der Waals surface area (Å²) in [6.07, 6.45) is -0.237. The lowest BCUT2D eigenvalue weighted by Gasteiger charge is -2.13. The van der Waals surface area contributed by atoms with Gasteiger partial charge in [0.2, 0.25) is 5.91 Å². The standard InChI is InChI=1S/C12H15ClN2O4/c1-19-8(6-14)5-11(16)15-7-2-3-9(12(17)18)10(13)4-7/h2-4,8H,5-6,14H2,1H3,(H,15,16)(H,17,18). The third-order valence-corrected chi connectivity index (χ3v) is 2.81. The van der Waals surface area contributed by atoms with Gasteiger partial charge in [0.05, 0.1) is 23.1 Å². The number of hydrogen-bond donors (Lipinski definition) is 3. The topological polar surface area (TPSA) is 102 Å². The zero-order valence-electron chi connectivity index (χ0n) is 10.4. The van der Waals surface area contributed by atoms with Crippen molar-refractivity contribution >= 4 is 29.2 Å². The van der Waals surface area contributed by atoms with E-state index in [4.69, 9.17) is 27.2 Å². The monoisotopic (exact) mass is 286 g/mol. The van der Waals surface area contributed by atoms with Crippen LogP contribution in [-0.2, 0) is 9.53 Å². The number of amides is 1. The van der Waals surface area contributed by atoms with Crippen LogP contribution in [0.2, 0.25) is 5.02 Å². The third kappa shape index (κ3) is 4.51. The van der Waals surface area contributed by atoms with Crippen LogP contribution in [0.25, 0.3) is 0 Å². The number of carboxylic acid groups (broad SMARTS) is 1. The Morgan fingerprint density at radius 3 is 2.68 bits per heavy atom. The molecule has 0 aromatic heterocycles. The molecule has 1 amide bonds. The largest absolute Gasteiger partial charge is 0.478 e. The van der Waals surface area contributed by atoms with Gasteiger partial charge < -0.3 is 20.9 Å². The van der Waals surface area contributed by atoms with Crippen molar-refractivity contribution in [3.63, 3.8) is 0 Å². The average Bonchev–Trinajstić information content (AvgIpc) is 2.35. The molecule has 0 radical (unpaired) electrons. The average molecular weight is 287 g/mol. The Morgan fingerprint density at radius 1 is 1.53 bits per heavy atom. The van der Waals surface area contributed by atoms with E-state index < -0.39 is 5.97 Å². The lowest BCUT2D eigenvalue weighted by atomic mass is 10.2. The van der Waals surface area contributed by atoms with E-state index in [-0.39, 0.29) is 35.6 Å². The normalized spacial score (nSPS) is 11.9. The maximum absolute atomic E-state index is 11.7. The number of benzene rings is 1. The molecule has 19 heavy (non-hydrogen) atoms. The smallest absolute Gasteiger partial charge is 0.337 e. The Kier molecular flexibility index (Phi) is 5.75. The molecular formula is C12H15ClN2O4. The van der Waals surface area contributed by atoms with Gasteiger partial charge in [-0.25, -0.2) is 4.79 Å². The molecule has 104 valence electrons. The van der Waals surface area contributed by atoms with Gasteiger partial charge in [-0.05, 0) is 18.2 Å². The predicted molar refractivity (Wildman–Crippen MR) is 71.5 cm³/mol. The predicted octanol–water partition coefficient (Wildman–Crippen LogP) is 1.34. The van der Waals surface area contributed by atoms with Crippen molar-refractivity contribution < 1.29 is 19.4 Å². The molecule has 1 aromatic rings. The van der Waals surface area contributed by atoms with E-state index >= 15 is 0 Å². The van der Waals surface area contributed by atoms with E-state index in [2.05, 4.69) is 5.32 Å². The van der Waals surface area contributed by atoms with Crippen molar-refractivity contribution in [3.05, 3.63) is 28.8 Å². The van der Waals surface area contributed by atoms with E-state index in [0.717, 1.165) is 0 Å². The van der Waals surface area contributed by atoms with Gasteiger partial charge in [-0.1, -0.05) is 11.6 Å². The van der Waals surface area contributed by atoms with Crippen LogP contribution in [0.1, 0.15) is 16.8 Å². The summed E-state index contributed by atoms with van der Waals surface area (Å²) in [5.74, 6) is -1.40. The second-order valence-corrected chi connectivity index (χ2v) is 4.25. The first-order valence-electron chi connectivity index (χ1n) is 5.53. The minimum absolute atomic E-state index is 0.0172. The van der Waals surface area contributed by atoms with Crippen molar-refractivity contribution in [1.82, 2.24) is 0 Å². The van der Waals surface area contributed by atoms with Crippen LogP contribution in [0.15, 0.2) is 18.2 Å². The molecule has 7 heteroatoms. The van der Waals surface area contributed by atoms with Gasteiger partial charge in [0.25, 0.3) is 0 Å². The molecule has 0 saturated carbocycles. The molecule has 0 heterocycles. The first-order valence-corrected chi connectivity index (χ1v) is 5.91. The molecule has 0 saturated heterocycles. The number of nitrogens with two attached hydrogens (primary N) is 1. The van der Waals surface area contributed by atoms with Crippen LogP contribution >= 0.6 is 11.6 Å². The zero-order chi connectivity index (χ0) is 14.4. The molecule has 0 aliphatic carbocycles. The summed E-state index contributed by atoms with van der Waals surface area (Å²) in [4.78, 5) is 22.4. The number of ether oxygens (including phenoxy) is 1. The summed E-state index contributed by atoms with van der Waals surface area (Å²) in [6.45, 7) is 0.239. The van der Waals surface area contributed by atoms with E-state index in [1.54, 1.807) is 0 Å². The number of carboxylic acids is 1. The van der Waals surface area contributed by atoms with Gasteiger partial charge >= 0.3 is 5.97 Å². The molecule has 0 aliphatic rings. The summed E-state index contributed by atoms with van der Waals surface area (Å²) in [7, 11) is 1.48. The summed E-state index contributed by atoms with van der Waals surface area (Å²) in [6, 6.07) is 4.18. The number of halogens is 1. The lowest BCUT2D eigenvalue weighted by Crippen LogP contribution is -2.28. The van der Waals surface area contributed by atoms with E-state index in [9.17, 15) is 9.59 Å². The Balaban J connectivity index is 2.70. The summed E-state index contributed by atoms with van der Waals surface area (Å²) < 4.78 is 4.99. The van der Waals surface area contributed by atoms with Crippen molar-refractivity contribution in [1.29, 1.82) is 0 Å². The van der Waals surface area contributed by atoms with Gasteiger partial charge in [-0.3, -0.25) is 4.79 Å². The van der Waals surface area contributed by atoms with E-state index in [1.807, 2.05) is 0 Å². The van der Waals surface area contributed by atoms with Crippen LogP contribution in [0.4, 0.5) is 5.69 Å². The van der Waals surface area contributed by atoms with Gasteiger partial charge in [0.1, 0.15) is 0 Å². The second-order valence-electron chi connectivity index (χ2n) is 3.85. The third-order valence-electron chi connectivity index (χ3n) is 2.49. The number of carbonyl (C=O) groups is 2. The van der Waals surface area contributed by atoms with Gasteiger partial charge in [0, 0.05) is 19.3 Å². The quantitative estimate of drug-likeness (QED) is 0.732. The second kappa shape index (κ2) is 7.08. The highest BCUT2D eigenvalue weighted by Crippen LogP contribution is 2.21. The fourth-order valence-electron chi connectivity index (χ4n) is 1.45. The number of aromatic carboxylic acids is 1. The van der Waals surface area contributed by atoms with Gasteiger partial charge in [0.15, 0.2) is 0 Å². The first-order chi connectivity index (χ1) is 8.97. The van der Waals surface area contributed by atoms with Crippen molar-refractivity contribution in [2.45, 2.75) is 12.5 Å². The molecule has 1 unspecified atom stereocenters.